The van der Waals surface area contributed by atoms with Crippen molar-refractivity contribution in [1.29, 1.82) is 0 Å². The molecule has 0 spiro atoms. The standard InChI is InChI=1S/C13H22O2/c1-3-10-14-12(6-1)8-5-9-13-7-2-4-11-15-13/h5,8,12-13H,1-4,6-7,9-11H2/b8-5+. The highest BCUT2D eigenvalue weighted by Gasteiger charge is 2.13. The van der Waals surface area contributed by atoms with Gasteiger partial charge in [0.25, 0.3) is 0 Å². The molecule has 2 aliphatic rings. The van der Waals surface area contributed by atoms with Gasteiger partial charge in [0.1, 0.15) is 0 Å². The third-order valence-electron chi connectivity index (χ3n) is 3.24. The Morgan fingerprint density at radius 3 is 2.40 bits per heavy atom. The summed E-state index contributed by atoms with van der Waals surface area (Å²) in [5.41, 5.74) is 0. The Hall–Kier alpha value is -0.340. The zero-order valence-corrected chi connectivity index (χ0v) is 9.49. The summed E-state index contributed by atoms with van der Waals surface area (Å²) in [6.45, 7) is 1.90. The van der Waals surface area contributed by atoms with Crippen molar-refractivity contribution in [2.24, 2.45) is 0 Å². The quantitative estimate of drug-likeness (QED) is 0.666. The maximum Gasteiger partial charge on any atom is 0.0755 e. The molecule has 15 heavy (non-hydrogen) atoms. The SMILES string of the molecule is C(=C\C1CCCCO1)/CC1CCCCO1. The third-order valence-corrected chi connectivity index (χ3v) is 3.24. The molecule has 0 aliphatic carbocycles. The largest absolute Gasteiger partial charge is 0.378 e. The number of rotatable bonds is 3. The molecule has 2 atom stereocenters. The lowest BCUT2D eigenvalue weighted by Crippen LogP contribution is -2.19. The van der Waals surface area contributed by atoms with Gasteiger partial charge in [-0.15, -0.1) is 0 Å². The Bertz CT molecular complexity index is 189. The van der Waals surface area contributed by atoms with E-state index in [2.05, 4.69) is 12.2 Å². The third kappa shape index (κ3) is 3.96. The molecule has 2 fully saturated rings. The van der Waals surface area contributed by atoms with E-state index in [1.807, 2.05) is 0 Å². The van der Waals surface area contributed by atoms with Crippen LogP contribution in [0.3, 0.4) is 0 Å². The summed E-state index contributed by atoms with van der Waals surface area (Å²) in [6, 6.07) is 0. The maximum absolute atomic E-state index is 5.68. The molecule has 0 radical (unpaired) electrons. The highest BCUT2D eigenvalue weighted by atomic mass is 16.5. The highest BCUT2D eigenvalue weighted by molar-refractivity contribution is 4.92. The van der Waals surface area contributed by atoms with E-state index in [9.17, 15) is 0 Å². The van der Waals surface area contributed by atoms with Gasteiger partial charge in [-0.1, -0.05) is 12.2 Å². The maximum atomic E-state index is 5.68. The van der Waals surface area contributed by atoms with E-state index in [1.54, 1.807) is 0 Å². The fraction of sp³-hybridized carbons (Fsp3) is 0.846. The van der Waals surface area contributed by atoms with E-state index in [0.29, 0.717) is 12.2 Å². The number of hydrogen-bond acceptors (Lipinski definition) is 2. The smallest absolute Gasteiger partial charge is 0.0755 e. The van der Waals surface area contributed by atoms with Crippen LogP contribution in [0.2, 0.25) is 0 Å². The predicted molar refractivity (Wildman–Crippen MR) is 60.9 cm³/mol. The van der Waals surface area contributed by atoms with E-state index >= 15 is 0 Å². The van der Waals surface area contributed by atoms with Crippen molar-refractivity contribution in [2.45, 2.75) is 57.2 Å². The van der Waals surface area contributed by atoms with Gasteiger partial charge in [0.15, 0.2) is 0 Å². The van der Waals surface area contributed by atoms with E-state index < -0.39 is 0 Å². The van der Waals surface area contributed by atoms with Gasteiger partial charge in [-0.3, -0.25) is 0 Å². The van der Waals surface area contributed by atoms with Crippen molar-refractivity contribution in [3.05, 3.63) is 12.2 Å². The zero-order chi connectivity index (χ0) is 10.3. The van der Waals surface area contributed by atoms with Crippen LogP contribution in [0.5, 0.6) is 0 Å². The molecule has 2 rings (SSSR count). The second kappa shape index (κ2) is 6.29. The van der Waals surface area contributed by atoms with Crippen LogP contribution in [0.4, 0.5) is 0 Å². The van der Waals surface area contributed by atoms with Crippen molar-refractivity contribution in [3.8, 4) is 0 Å². The molecule has 0 amide bonds. The van der Waals surface area contributed by atoms with E-state index in [0.717, 1.165) is 19.6 Å². The first-order valence-electron chi connectivity index (χ1n) is 6.35. The van der Waals surface area contributed by atoms with Crippen molar-refractivity contribution < 1.29 is 9.47 Å². The van der Waals surface area contributed by atoms with Gasteiger partial charge >= 0.3 is 0 Å². The molecule has 2 aliphatic heterocycles. The predicted octanol–water partition coefficient (Wildman–Crippen LogP) is 3.07. The molecule has 2 nitrogen and oxygen atoms in total. The molecule has 0 bridgehead atoms. The van der Waals surface area contributed by atoms with Crippen molar-refractivity contribution in [1.82, 2.24) is 0 Å². The summed E-state index contributed by atoms with van der Waals surface area (Å²) in [7, 11) is 0. The minimum Gasteiger partial charge on any atom is -0.378 e. The van der Waals surface area contributed by atoms with Crippen LogP contribution in [0.15, 0.2) is 12.2 Å². The van der Waals surface area contributed by atoms with Gasteiger partial charge in [0.2, 0.25) is 0 Å². The molecule has 0 aromatic carbocycles. The Morgan fingerprint density at radius 2 is 1.73 bits per heavy atom. The van der Waals surface area contributed by atoms with Crippen LogP contribution in [0.1, 0.15) is 44.9 Å². The first-order valence-corrected chi connectivity index (χ1v) is 6.35. The second-order valence-corrected chi connectivity index (χ2v) is 4.56. The average Bonchev–Trinajstić information content (AvgIpc) is 2.32. The van der Waals surface area contributed by atoms with Gasteiger partial charge in [-0.2, -0.15) is 0 Å². The molecule has 0 aromatic rings. The van der Waals surface area contributed by atoms with E-state index in [1.165, 1.54) is 38.5 Å². The van der Waals surface area contributed by atoms with Crippen LogP contribution in [-0.2, 0) is 9.47 Å². The molecule has 86 valence electrons. The molecule has 0 aromatic heterocycles. The summed E-state index contributed by atoms with van der Waals surface area (Å²) in [4.78, 5) is 0. The van der Waals surface area contributed by atoms with Crippen LogP contribution < -0.4 is 0 Å². The number of ether oxygens (including phenoxy) is 2. The summed E-state index contributed by atoms with van der Waals surface area (Å²) in [5.74, 6) is 0. The van der Waals surface area contributed by atoms with E-state index in [-0.39, 0.29) is 0 Å². The van der Waals surface area contributed by atoms with Gasteiger partial charge in [-0.25, -0.2) is 0 Å². The monoisotopic (exact) mass is 210 g/mol. The Labute approximate surface area is 92.6 Å². The lowest BCUT2D eigenvalue weighted by atomic mass is 10.0. The Kier molecular flexibility index (Phi) is 4.68. The van der Waals surface area contributed by atoms with Gasteiger partial charge in [0, 0.05) is 13.2 Å². The fourth-order valence-corrected chi connectivity index (χ4v) is 2.29. The lowest BCUT2D eigenvalue weighted by Gasteiger charge is -2.22. The Morgan fingerprint density at radius 1 is 0.933 bits per heavy atom. The molecule has 2 unspecified atom stereocenters. The first-order chi connectivity index (χ1) is 7.45. The normalized spacial score (nSPS) is 33.3. The van der Waals surface area contributed by atoms with Gasteiger partial charge in [-0.05, 0) is 44.9 Å². The molecule has 0 saturated carbocycles. The van der Waals surface area contributed by atoms with Crippen LogP contribution in [-0.4, -0.2) is 25.4 Å². The van der Waals surface area contributed by atoms with Gasteiger partial charge in [0.05, 0.1) is 12.2 Å². The first kappa shape index (κ1) is 11.2. The zero-order valence-electron chi connectivity index (χ0n) is 9.49. The second-order valence-electron chi connectivity index (χ2n) is 4.56. The van der Waals surface area contributed by atoms with Crippen LogP contribution in [0.25, 0.3) is 0 Å². The van der Waals surface area contributed by atoms with Crippen LogP contribution in [0, 0.1) is 0 Å². The summed E-state index contributed by atoms with van der Waals surface area (Å²) in [6.07, 6.45) is 14.0. The topological polar surface area (TPSA) is 18.5 Å². The molecular weight excluding hydrogens is 188 g/mol. The summed E-state index contributed by atoms with van der Waals surface area (Å²) in [5, 5.41) is 0. The van der Waals surface area contributed by atoms with Gasteiger partial charge < -0.3 is 9.47 Å². The average molecular weight is 210 g/mol. The molecule has 2 heteroatoms. The van der Waals surface area contributed by atoms with Crippen molar-refractivity contribution in [3.63, 3.8) is 0 Å². The lowest BCUT2D eigenvalue weighted by molar-refractivity contribution is 0.0176. The van der Waals surface area contributed by atoms with Crippen molar-refractivity contribution >= 4 is 0 Å². The van der Waals surface area contributed by atoms with E-state index in [4.69, 9.17) is 9.47 Å². The summed E-state index contributed by atoms with van der Waals surface area (Å²) < 4.78 is 11.3. The van der Waals surface area contributed by atoms with Crippen molar-refractivity contribution in [2.75, 3.05) is 13.2 Å². The molecule has 2 heterocycles. The fourth-order valence-electron chi connectivity index (χ4n) is 2.29. The Balaban J connectivity index is 1.64. The number of hydrogen-bond donors (Lipinski definition) is 0. The molecular formula is C13H22O2. The highest BCUT2D eigenvalue weighted by Crippen LogP contribution is 2.17. The molecule has 0 N–H and O–H groups in total. The minimum atomic E-state index is 0.377. The molecule has 2 saturated heterocycles. The summed E-state index contributed by atoms with van der Waals surface area (Å²) >= 11 is 0. The van der Waals surface area contributed by atoms with Crippen LogP contribution >= 0.6 is 0 Å². The minimum absolute atomic E-state index is 0.377.